The van der Waals surface area contributed by atoms with Gasteiger partial charge in [0, 0.05) is 49.0 Å². The number of piperazine rings is 1. The third-order valence-corrected chi connectivity index (χ3v) is 4.82. The molecule has 1 aliphatic rings. The zero-order chi connectivity index (χ0) is 16.4. The average Bonchev–Trinajstić information content (AvgIpc) is 3.11. The van der Waals surface area contributed by atoms with E-state index < -0.39 is 0 Å². The number of aromatic nitrogens is 1. The molecule has 2 N–H and O–H groups in total. The van der Waals surface area contributed by atoms with Gasteiger partial charge < -0.3 is 19.9 Å². The first-order valence-electron chi connectivity index (χ1n) is 8.51. The highest BCUT2D eigenvalue weighted by atomic mass is 16.5. The van der Waals surface area contributed by atoms with Crippen LogP contribution in [0.5, 0.6) is 5.75 Å². The predicted octanol–water partition coefficient (Wildman–Crippen LogP) is 3.20. The van der Waals surface area contributed by atoms with Gasteiger partial charge in [0.2, 0.25) is 0 Å². The van der Waals surface area contributed by atoms with E-state index in [4.69, 9.17) is 4.74 Å². The van der Waals surface area contributed by atoms with E-state index in [1.807, 2.05) is 6.20 Å². The summed E-state index contributed by atoms with van der Waals surface area (Å²) in [5.74, 6) is 0.907. The fourth-order valence-corrected chi connectivity index (χ4v) is 3.62. The maximum absolute atomic E-state index is 5.60. The van der Waals surface area contributed by atoms with Gasteiger partial charge in [0.1, 0.15) is 5.75 Å². The number of ether oxygens (including phenoxy) is 1. The van der Waals surface area contributed by atoms with Crippen molar-refractivity contribution in [2.45, 2.75) is 12.5 Å². The minimum Gasteiger partial charge on any atom is -0.494 e. The summed E-state index contributed by atoms with van der Waals surface area (Å²) in [6.07, 6.45) is 3.01. The fraction of sp³-hybridized carbons (Fsp3) is 0.300. The summed E-state index contributed by atoms with van der Waals surface area (Å²) in [5.41, 5.74) is 3.68. The molecule has 4 heteroatoms. The van der Waals surface area contributed by atoms with E-state index in [1.54, 1.807) is 7.11 Å². The number of rotatable bonds is 4. The molecule has 1 aromatic heterocycles. The molecule has 1 fully saturated rings. The number of aromatic amines is 1. The number of fused-ring (bicyclic) bond motifs is 1. The van der Waals surface area contributed by atoms with Crippen molar-refractivity contribution in [3.8, 4) is 5.75 Å². The molecule has 0 radical (unpaired) electrons. The Hall–Kier alpha value is -2.46. The average molecular weight is 321 g/mol. The molecule has 124 valence electrons. The van der Waals surface area contributed by atoms with Crippen LogP contribution < -0.4 is 15.0 Å². The van der Waals surface area contributed by atoms with Gasteiger partial charge in [-0.1, -0.05) is 30.3 Å². The van der Waals surface area contributed by atoms with Crippen molar-refractivity contribution in [3.63, 3.8) is 0 Å². The van der Waals surface area contributed by atoms with Crippen LogP contribution in [0.4, 0.5) is 5.69 Å². The van der Waals surface area contributed by atoms with Crippen LogP contribution >= 0.6 is 0 Å². The molecule has 2 aromatic carbocycles. The first-order valence-corrected chi connectivity index (χ1v) is 8.51. The monoisotopic (exact) mass is 321 g/mol. The summed E-state index contributed by atoms with van der Waals surface area (Å²) in [6, 6.07) is 17.7. The Morgan fingerprint density at radius 3 is 2.88 bits per heavy atom. The summed E-state index contributed by atoms with van der Waals surface area (Å²) in [6.45, 7) is 3.03. The largest absolute Gasteiger partial charge is 0.494 e. The molecule has 4 nitrogen and oxygen atoms in total. The number of benzene rings is 2. The van der Waals surface area contributed by atoms with Crippen LogP contribution in [0.15, 0.2) is 54.7 Å². The fourth-order valence-electron chi connectivity index (χ4n) is 3.62. The van der Waals surface area contributed by atoms with Crippen molar-refractivity contribution in [1.29, 1.82) is 0 Å². The van der Waals surface area contributed by atoms with Crippen LogP contribution in [-0.4, -0.2) is 37.8 Å². The molecule has 3 aromatic rings. The molecule has 1 atom stereocenters. The summed E-state index contributed by atoms with van der Waals surface area (Å²) in [4.78, 5) is 5.78. The highest BCUT2D eigenvalue weighted by molar-refractivity contribution is 5.89. The van der Waals surface area contributed by atoms with Crippen LogP contribution in [0.25, 0.3) is 10.9 Å². The Balaban J connectivity index is 1.67. The third-order valence-electron chi connectivity index (χ3n) is 4.82. The lowest BCUT2D eigenvalue weighted by Gasteiger charge is -2.38. The predicted molar refractivity (Wildman–Crippen MR) is 99.0 cm³/mol. The molecule has 4 rings (SSSR count). The summed E-state index contributed by atoms with van der Waals surface area (Å²) in [5, 5.41) is 4.73. The SMILES string of the molecule is COc1cc(N2CCNCC2Cc2ccccc2)cc2cc[nH]c12. The van der Waals surface area contributed by atoms with Crippen molar-refractivity contribution in [2.75, 3.05) is 31.6 Å². The number of hydrogen-bond donors (Lipinski definition) is 2. The topological polar surface area (TPSA) is 40.3 Å². The van der Waals surface area contributed by atoms with E-state index in [9.17, 15) is 0 Å². The van der Waals surface area contributed by atoms with Crippen molar-refractivity contribution < 1.29 is 4.74 Å². The van der Waals surface area contributed by atoms with Gasteiger partial charge in [0.15, 0.2) is 0 Å². The van der Waals surface area contributed by atoms with Gasteiger partial charge in [-0.05, 0) is 24.1 Å². The highest BCUT2D eigenvalue weighted by Crippen LogP contribution is 2.32. The van der Waals surface area contributed by atoms with Crippen LogP contribution in [-0.2, 0) is 6.42 Å². The van der Waals surface area contributed by atoms with Gasteiger partial charge >= 0.3 is 0 Å². The zero-order valence-corrected chi connectivity index (χ0v) is 14.0. The van der Waals surface area contributed by atoms with Crippen LogP contribution in [0.3, 0.4) is 0 Å². The number of methoxy groups -OCH3 is 1. The van der Waals surface area contributed by atoms with E-state index in [2.05, 4.69) is 63.7 Å². The van der Waals surface area contributed by atoms with Crippen LogP contribution in [0.1, 0.15) is 5.56 Å². The minimum atomic E-state index is 0.447. The number of anilines is 1. The molecule has 2 heterocycles. The quantitative estimate of drug-likeness (QED) is 0.775. The van der Waals surface area contributed by atoms with Crippen molar-refractivity contribution in [2.24, 2.45) is 0 Å². The normalized spacial score (nSPS) is 18.0. The van der Waals surface area contributed by atoms with Crippen molar-refractivity contribution in [3.05, 3.63) is 60.3 Å². The third kappa shape index (κ3) is 2.85. The molecule has 1 saturated heterocycles. The molecular weight excluding hydrogens is 298 g/mol. The van der Waals surface area contributed by atoms with Gasteiger partial charge in [0.05, 0.1) is 12.6 Å². The Morgan fingerprint density at radius 1 is 1.17 bits per heavy atom. The van der Waals surface area contributed by atoms with Gasteiger partial charge in [-0.25, -0.2) is 0 Å². The lowest BCUT2D eigenvalue weighted by Crippen LogP contribution is -2.52. The molecule has 0 bridgehead atoms. The van der Waals surface area contributed by atoms with Gasteiger partial charge in [0.25, 0.3) is 0 Å². The summed E-state index contributed by atoms with van der Waals surface area (Å²) < 4.78 is 5.60. The smallest absolute Gasteiger partial charge is 0.144 e. The Morgan fingerprint density at radius 2 is 2.04 bits per heavy atom. The van der Waals surface area contributed by atoms with E-state index in [-0.39, 0.29) is 0 Å². The lowest BCUT2D eigenvalue weighted by atomic mass is 10.0. The molecule has 1 unspecified atom stereocenters. The second-order valence-corrected chi connectivity index (χ2v) is 6.33. The summed E-state index contributed by atoms with van der Waals surface area (Å²) >= 11 is 0. The molecule has 24 heavy (non-hydrogen) atoms. The zero-order valence-electron chi connectivity index (χ0n) is 14.0. The molecule has 0 spiro atoms. The van der Waals surface area contributed by atoms with Crippen molar-refractivity contribution >= 4 is 16.6 Å². The maximum Gasteiger partial charge on any atom is 0.144 e. The maximum atomic E-state index is 5.60. The number of hydrogen-bond acceptors (Lipinski definition) is 3. The van der Waals surface area contributed by atoms with Crippen LogP contribution in [0.2, 0.25) is 0 Å². The first-order chi connectivity index (χ1) is 11.8. The first kappa shape index (κ1) is 15.1. The molecule has 1 aliphatic heterocycles. The molecular formula is C20H23N3O. The second kappa shape index (κ2) is 6.57. The van der Waals surface area contributed by atoms with Gasteiger partial charge in [-0.2, -0.15) is 0 Å². The van der Waals surface area contributed by atoms with Crippen LogP contribution in [0, 0.1) is 0 Å². The highest BCUT2D eigenvalue weighted by Gasteiger charge is 2.23. The number of H-pyrrole nitrogens is 1. The Labute approximate surface area is 142 Å². The van der Waals surface area contributed by atoms with Crippen molar-refractivity contribution in [1.82, 2.24) is 10.3 Å². The van der Waals surface area contributed by atoms with Gasteiger partial charge in [-0.15, -0.1) is 0 Å². The summed E-state index contributed by atoms with van der Waals surface area (Å²) in [7, 11) is 1.73. The number of nitrogens with zero attached hydrogens (tertiary/aromatic N) is 1. The van der Waals surface area contributed by atoms with E-state index >= 15 is 0 Å². The van der Waals surface area contributed by atoms with E-state index in [0.717, 1.165) is 37.3 Å². The Kier molecular flexibility index (Phi) is 4.13. The molecule has 0 aliphatic carbocycles. The van der Waals surface area contributed by atoms with E-state index in [1.165, 1.54) is 16.6 Å². The van der Waals surface area contributed by atoms with E-state index in [0.29, 0.717) is 6.04 Å². The van der Waals surface area contributed by atoms with Gasteiger partial charge in [-0.3, -0.25) is 0 Å². The number of nitrogens with one attached hydrogen (secondary N) is 2. The lowest BCUT2D eigenvalue weighted by molar-refractivity contribution is 0.418. The Bertz CT molecular complexity index is 812. The second-order valence-electron chi connectivity index (χ2n) is 6.33. The minimum absolute atomic E-state index is 0.447. The molecule has 0 amide bonds. The standard InChI is InChI=1S/C20H23N3O/c1-24-19-13-17(12-16-7-8-22-20(16)19)23-10-9-21-14-18(23)11-15-5-3-2-4-6-15/h2-8,12-13,18,21-22H,9-11,14H2,1H3. The molecule has 0 saturated carbocycles.